The van der Waals surface area contributed by atoms with Gasteiger partial charge >= 0.3 is 0 Å². The molecule has 1 N–H and O–H groups in total. The van der Waals surface area contributed by atoms with Gasteiger partial charge < -0.3 is 10.1 Å². The van der Waals surface area contributed by atoms with Gasteiger partial charge in [0.15, 0.2) is 0 Å². The lowest BCUT2D eigenvalue weighted by Crippen LogP contribution is -2.17. The topological polar surface area (TPSA) is 34.1 Å². The fraction of sp³-hybridized carbons (Fsp3) is 0.615. The zero-order chi connectivity index (χ0) is 11.4. The van der Waals surface area contributed by atoms with Crippen LogP contribution in [0, 0.1) is 12.3 Å². The van der Waals surface area contributed by atoms with Crippen molar-refractivity contribution in [1.29, 1.82) is 0 Å². The molecule has 0 spiro atoms. The van der Waals surface area contributed by atoms with Crippen molar-refractivity contribution < 1.29 is 4.74 Å². The van der Waals surface area contributed by atoms with E-state index in [1.165, 1.54) is 24.9 Å². The number of methoxy groups -OCH3 is 1. The first kappa shape index (κ1) is 11.4. The molecule has 16 heavy (non-hydrogen) atoms. The Bertz CT molecular complexity index is 348. The van der Waals surface area contributed by atoms with Crippen molar-refractivity contribution in [3.63, 3.8) is 0 Å². The Balaban J connectivity index is 1.83. The smallest absolute Gasteiger partial charge is 0.0468 e. The van der Waals surface area contributed by atoms with Crippen molar-refractivity contribution in [3.05, 3.63) is 24.0 Å². The Morgan fingerprint density at radius 2 is 2.31 bits per heavy atom. The first-order valence-electron chi connectivity index (χ1n) is 5.90. The van der Waals surface area contributed by atoms with E-state index in [1.807, 2.05) is 19.2 Å². The third kappa shape index (κ3) is 2.95. The zero-order valence-electron chi connectivity index (χ0n) is 10.1. The molecule has 0 unspecified atom stereocenters. The molecule has 0 bridgehead atoms. The minimum Gasteiger partial charge on any atom is -0.385 e. The van der Waals surface area contributed by atoms with Crippen LogP contribution in [0.1, 0.15) is 25.0 Å². The summed E-state index contributed by atoms with van der Waals surface area (Å²) in [7, 11) is 1.77. The molecule has 0 atom stereocenters. The van der Waals surface area contributed by atoms with Gasteiger partial charge in [-0.25, -0.2) is 0 Å². The second-order valence-electron chi connectivity index (χ2n) is 4.78. The van der Waals surface area contributed by atoms with E-state index >= 15 is 0 Å². The Labute approximate surface area is 97.2 Å². The summed E-state index contributed by atoms with van der Waals surface area (Å²) in [6.07, 6.45) is 5.67. The van der Waals surface area contributed by atoms with E-state index < -0.39 is 0 Å². The van der Waals surface area contributed by atoms with E-state index in [0.717, 1.165) is 18.8 Å². The van der Waals surface area contributed by atoms with E-state index in [1.54, 1.807) is 7.11 Å². The van der Waals surface area contributed by atoms with Gasteiger partial charge in [0.2, 0.25) is 0 Å². The van der Waals surface area contributed by atoms with E-state index in [0.29, 0.717) is 5.41 Å². The predicted octanol–water partition coefficient (Wildman–Crippen LogP) is 2.62. The van der Waals surface area contributed by atoms with Crippen molar-refractivity contribution >= 4 is 5.69 Å². The highest BCUT2D eigenvalue weighted by atomic mass is 16.5. The fourth-order valence-electron chi connectivity index (χ4n) is 1.96. The number of nitrogens with one attached hydrogen (secondary N) is 1. The predicted molar refractivity (Wildman–Crippen MR) is 65.6 cm³/mol. The number of rotatable bonds is 6. The molecular formula is C13H20N2O. The second-order valence-corrected chi connectivity index (χ2v) is 4.78. The maximum Gasteiger partial charge on any atom is 0.0468 e. The van der Waals surface area contributed by atoms with Crippen LogP contribution in [0.3, 0.4) is 0 Å². The van der Waals surface area contributed by atoms with Crippen LogP contribution in [0.4, 0.5) is 5.69 Å². The van der Waals surface area contributed by atoms with Crippen LogP contribution in [0.25, 0.3) is 0 Å². The van der Waals surface area contributed by atoms with Gasteiger partial charge in [0.25, 0.3) is 0 Å². The van der Waals surface area contributed by atoms with Crippen LogP contribution in [-0.2, 0) is 4.74 Å². The average molecular weight is 220 g/mol. The van der Waals surface area contributed by atoms with Crippen LogP contribution in [0.2, 0.25) is 0 Å². The molecule has 0 aromatic carbocycles. The van der Waals surface area contributed by atoms with E-state index in [-0.39, 0.29) is 0 Å². The van der Waals surface area contributed by atoms with Crippen LogP contribution in [0.15, 0.2) is 18.3 Å². The minimum absolute atomic E-state index is 0.493. The molecule has 1 saturated carbocycles. The molecule has 3 nitrogen and oxygen atoms in total. The molecule has 0 radical (unpaired) electrons. The SMILES string of the molecule is COCCC1(CNc2ccnc(C)c2)CC1. The Morgan fingerprint density at radius 1 is 1.50 bits per heavy atom. The Kier molecular flexibility index (Phi) is 3.44. The van der Waals surface area contributed by atoms with Gasteiger partial charge in [-0.05, 0) is 43.7 Å². The first-order chi connectivity index (χ1) is 7.74. The number of hydrogen-bond acceptors (Lipinski definition) is 3. The van der Waals surface area contributed by atoms with Gasteiger partial charge in [-0.1, -0.05) is 0 Å². The summed E-state index contributed by atoms with van der Waals surface area (Å²) >= 11 is 0. The van der Waals surface area contributed by atoms with Gasteiger partial charge in [-0.2, -0.15) is 0 Å². The number of hydrogen-bond donors (Lipinski definition) is 1. The largest absolute Gasteiger partial charge is 0.385 e. The summed E-state index contributed by atoms with van der Waals surface area (Å²) in [6.45, 7) is 3.94. The van der Waals surface area contributed by atoms with Crippen molar-refractivity contribution in [2.24, 2.45) is 5.41 Å². The zero-order valence-corrected chi connectivity index (χ0v) is 10.1. The van der Waals surface area contributed by atoms with Gasteiger partial charge in [0.1, 0.15) is 0 Å². The highest BCUT2D eigenvalue weighted by Crippen LogP contribution is 2.48. The van der Waals surface area contributed by atoms with Gasteiger partial charge in [-0.15, -0.1) is 0 Å². The average Bonchev–Trinajstić information content (AvgIpc) is 3.05. The number of nitrogens with zero attached hydrogens (tertiary/aromatic N) is 1. The van der Waals surface area contributed by atoms with Gasteiger partial charge in [0.05, 0.1) is 0 Å². The maximum absolute atomic E-state index is 5.15. The van der Waals surface area contributed by atoms with Crippen molar-refractivity contribution in [2.45, 2.75) is 26.2 Å². The minimum atomic E-state index is 0.493. The lowest BCUT2D eigenvalue weighted by atomic mass is 10.0. The molecule has 1 aromatic heterocycles. The molecule has 0 aliphatic heterocycles. The molecule has 1 heterocycles. The first-order valence-corrected chi connectivity index (χ1v) is 5.90. The summed E-state index contributed by atoms with van der Waals surface area (Å²) in [5.41, 5.74) is 2.73. The highest BCUT2D eigenvalue weighted by Gasteiger charge is 2.41. The van der Waals surface area contributed by atoms with E-state index in [4.69, 9.17) is 4.74 Å². The van der Waals surface area contributed by atoms with Crippen LogP contribution in [-0.4, -0.2) is 25.2 Å². The summed E-state index contributed by atoms with van der Waals surface area (Å²) in [6, 6.07) is 4.12. The van der Waals surface area contributed by atoms with Gasteiger partial charge in [0, 0.05) is 37.8 Å². The van der Waals surface area contributed by atoms with Gasteiger partial charge in [-0.3, -0.25) is 4.98 Å². The quantitative estimate of drug-likeness (QED) is 0.800. The maximum atomic E-state index is 5.15. The van der Waals surface area contributed by atoms with Crippen molar-refractivity contribution in [2.75, 3.05) is 25.6 Å². The molecule has 1 aromatic rings. The number of aryl methyl sites for hydroxylation is 1. The fourth-order valence-corrected chi connectivity index (χ4v) is 1.96. The van der Waals surface area contributed by atoms with Crippen LogP contribution in [0.5, 0.6) is 0 Å². The number of pyridine rings is 1. The highest BCUT2D eigenvalue weighted by molar-refractivity contribution is 5.43. The lowest BCUT2D eigenvalue weighted by Gasteiger charge is -2.16. The standard InChI is InChI=1S/C13H20N2O/c1-11-9-12(3-7-14-11)15-10-13(4-5-13)6-8-16-2/h3,7,9H,4-6,8,10H2,1-2H3,(H,14,15). The molecule has 88 valence electrons. The van der Waals surface area contributed by atoms with E-state index in [2.05, 4.69) is 16.4 Å². The summed E-state index contributed by atoms with van der Waals surface area (Å²) in [5.74, 6) is 0. The van der Waals surface area contributed by atoms with Crippen LogP contribution >= 0.6 is 0 Å². The molecule has 0 saturated heterocycles. The van der Waals surface area contributed by atoms with Crippen LogP contribution < -0.4 is 5.32 Å². The molecule has 0 amide bonds. The molecule has 3 heteroatoms. The number of ether oxygens (including phenoxy) is 1. The molecule has 1 aliphatic rings. The monoisotopic (exact) mass is 220 g/mol. The third-order valence-electron chi connectivity index (χ3n) is 3.36. The molecule has 2 rings (SSSR count). The Hall–Kier alpha value is -1.09. The summed E-state index contributed by atoms with van der Waals surface area (Å²) in [4.78, 5) is 4.19. The number of aromatic nitrogens is 1. The lowest BCUT2D eigenvalue weighted by molar-refractivity contribution is 0.175. The molecular weight excluding hydrogens is 200 g/mol. The summed E-state index contributed by atoms with van der Waals surface area (Å²) < 4.78 is 5.15. The van der Waals surface area contributed by atoms with Crippen molar-refractivity contribution in [3.8, 4) is 0 Å². The third-order valence-corrected chi connectivity index (χ3v) is 3.36. The number of anilines is 1. The normalized spacial score (nSPS) is 17.1. The Morgan fingerprint density at radius 3 is 2.94 bits per heavy atom. The second kappa shape index (κ2) is 4.83. The van der Waals surface area contributed by atoms with E-state index in [9.17, 15) is 0 Å². The summed E-state index contributed by atoms with van der Waals surface area (Å²) in [5, 5.41) is 3.50. The molecule has 1 fully saturated rings. The molecule has 1 aliphatic carbocycles. The van der Waals surface area contributed by atoms with Crippen molar-refractivity contribution in [1.82, 2.24) is 4.98 Å².